The second kappa shape index (κ2) is 6.49. The fourth-order valence-corrected chi connectivity index (χ4v) is 2.46. The highest BCUT2D eigenvalue weighted by atomic mass is 16.6. The number of rotatable bonds is 5. The number of non-ortho nitro benzene ring substituents is 1. The molecule has 24 heavy (non-hydrogen) atoms. The van der Waals surface area contributed by atoms with E-state index in [1.54, 1.807) is 12.1 Å². The maximum absolute atomic E-state index is 12.0. The van der Waals surface area contributed by atoms with Crippen molar-refractivity contribution in [3.8, 4) is 0 Å². The summed E-state index contributed by atoms with van der Waals surface area (Å²) in [5, 5.41) is 13.4. The molecule has 2 heterocycles. The summed E-state index contributed by atoms with van der Waals surface area (Å²) < 4.78 is 1.92. The number of carbonyl (C=O) groups is 1. The summed E-state index contributed by atoms with van der Waals surface area (Å²) in [4.78, 5) is 26.6. The first-order valence-electron chi connectivity index (χ1n) is 7.46. The minimum atomic E-state index is -0.463. The molecule has 0 unspecified atom stereocenters. The van der Waals surface area contributed by atoms with Crippen molar-refractivity contribution in [1.29, 1.82) is 0 Å². The monoisotopic (exact) mass is 324 g/mol. The summed E-state index contributed by atoms with van der Waals surface area (Å²) in [5.41, 5.74) is 3.46. The molecule has 0 radical (unpaired) electrons. The van der Waals surface area contributed by atoms with Gasteiger partial charge in [-0.05, 0) is 24.1 Å². The molecule has 0 saturated carbocycles. The molecule has 122 valence electrons. The lowest BCUT2D eigenvalue weighted by molar-refractivity contribution is -0.384. The van der Waals surface area contributed by atoms with Gasteiger partial charge in [-0.15, -0.1) is 0 Å². The summed E-state index contributed by atoms with van der Waals surface area (Å²) in [6.07, 6.45) is 3.97. The van der Waals surface area contributed by atoms with Crippen LogP contribution in [0.15, 0.2) is 48.8 Å². The van der Waals surface area contributed by atoms with Crippen molar-refractivity contribution in [1.82, 2.24) is 14.7 Å². The van der Waals surface area contributed by atoms with Crippen molar-refractivity contribution in [3.05, 3.63) is 75.7 Å². The Labute approximate surface area is 138 Å². The second-order valence-electron chi connectivity index (χ2n) is 5.53. The van der Waals surface area contributed by atoms with Crippen LogP contribution in [0.4, 0.5) is 5.69 Å². The fourth-order valence-electron chi connectivity index (χ4n) is 2.46. The van der Waals surface area contributed by atoms with Gasteiger partial charge in [0.2, 0.25) is 5.91 Å². The molecule has 1 N–H and O–H groups in total. The number of nitrogens with zero attached hydrogens (tertiary/aromatic N) is 3. The Morgan fingerprint density at radius 3 is 2.71 bits per heavy atom. The van der Waals surface area contributed by atoms with Gasteiger partial charge in [0.1, 0.15) is 5.65 Å². The van der Waals surface area contributed by atoms with E-state index >= 15 is 0 Å². The third-order valence-electron chi connectivity index (χ3n) is 3.71. The number of imidazole rings is 1. The third kappa shape index (κ3) is 3.40. The average molecular weight is 324 g/mol. The molecule has 3 aromatic rings. The normalized spacial score (nSPS) is 10.7. The van der Waals surface area contributed by atoms with Crippen molar-refractivity contribution in [2.24, 2.45) is 0 Å². The molecule has 0 aliphatic carbocycles. The van der Waals surface area contributed by atoms with Gasteiger partial charge in [0.25, 0.3) is 5.69 Å². The lowest BCUT2D eigenvalue weighted by Gasteiger charge is -2.03. The Hall–Kier alpha value is -3.22. The summed E-state index contributed by atoms with van der Waals surface area (Å²) in [6, 6.07) is 9.90. The average Bonchev–Trinajstić information content (AvgIpc) is 2.98. The van der Waals surface area contributed by atoms with Gasteiger partial charge in [0.15, 0.2) is 0 Å². The maximum Gasteiger partial charge on any atom is 0.269 e. The number of carbonyl (C=O) groups excluding carboxylic acids is 1. The number of nitrogens with one attached hydrogen (secondary N) is 1. The second-order valence-corrected chi connectivity index (χ2v) is 5.53. The van der Waals surface area contributed by atoms with Crippen LogP contribution < -0.4 is 5.32 Å². The summed E-state index contributed by atoms with van der Waals surface area (Å²) in [7, 11) is 0. The number of aromatic nitrogens is 2. The number of nitro benzene ring substituents is 1. The van der Waals surface area contributed by atoms with Crippen molar-refractivity contribution in [2.45, 2.75) is 19.9 Å². The largest absolute Gasteiger partial charge is 0.350 e. The van der Waals surface area contributed by atoms with Crippen LogP contribution in [0, 0.1) is 17.0 Å². The molecule has 0 spiro atoms. The van der Waals surface area contributed by atoms with E-state index in [2.05, 4.69) is 10.3 Å². The Morgan fingerprint density at radius 1 is 1.29 bits per heavy atom. The van der Waals surface area contributed by atoms with E-state index in [-0.39, 0.29) is 18.0 Å². The van der Waals surface area contributed by atoms with Crippen LogP contribution in [0.2, 0.25) is 0 Å². The van der Waals surface area contributed by atoms with Crippen LogP contribution in [-0.2, 0) is 17.8 Å². The molecular formula is C17H16N4O3. The summed E-state index contributed by atoms with van der Waals surface area (Å²) >= 11 is 0. The van der Waals surface area contributed by atoms with Crippen molar-refractivity contribution >= 4 is 17.2 Å². The molecule has 2 aromatic heterocycles. The molecule has 0 bridgehead atoms. The van der Waals surface area contributed by atoms with E-state index in [1.807, 2.05) is 35.9 Å². The molecule has 1 aromatic carbocycles. The minimum Gasteiger partial charge on any atom is -0.350 e. The maximum atomic E-state index is 12.0. The Kier molecular flexibility index (Phi) is 4.24. The van der Waals surface area contributed by atoms with Gasteiger partial charge in [0, 0.05) is 24.5 Å². The van der Waals surface area contributed by atoms with E-state index in [0.29, 0.717) is 6.54 Å². The quantitative estimate of drug-likeness (QED) is 0.576. The Balaban J connectivity index is 1.60. The molecule has 7 nitrogen and oxygen atoms in total. The molecule has 1 amide bonds. The zero-order valence-electron chi connectivity index (χ0n) is 13.1. The van der Waals surface area contributed by atoms with Gasteiger partial charge < -0.3 is 9.72 Å². The molecule has 3 rings (SSSR count). The molecule has 0 atom stereocenters. The lowest BCUT2D eigenvalue weighted by Crippen LogP contribution is -2.24. The standard InChI is InChI=1S/C17H16N4O3/c1-12-3-2-8-20-11-14(19-17(12)20)10-18-16(22)9-13-4-6-15(7-5-13)21(23)24/h2-8,11H,9-10H2,1H3,(H,18,22). The SMILES string of the molecule is Cc1cccn2cc(CNC(=O)Cc3ccc([N+](=O)[O-])cc3)nc12. The van der Waals surface area contributed by atoms with E-state index in [4.69, 9.17) is 0 Å². The zero-order valence-corrected chi connectivity index (χ0v) is 13.1. The highest BCUT2D eigenvalue weighted by Gasteiger charge is 2.09. The third-order valence-corrected chi connectivity index (χ3v) is 3.71. The number of aryl methyl sites for hydroxylation is 1. The molecular weight excluding hydrogens is 308 g/mol. The summed E-state index contributed by atoms with van der Waals surface area (Å²) in [6.45, 7) is 2.33. The van der Waals surface area contributed by atoms with Gasteiger partial charge in [-0.3, -0.25) is 14.9 Å². The highest BCUT2D eigenvalue weighted by molar-refractivity contribution is 5.78. The lowest BCUT2D eigenvalue weighted by atomic mass is 10.1. The minimum absolute atomic E-state index is 0.0132. The predicted octanol–water partition coefficient (Wildman–Crippen LogP) is 2.41. The molecule has 0 saturated heterocycles. The molecule has 7 heteroatoms. The Bertz CT molecular complexity index is 900. The van der Waals surface area contributed by atoms with Crippen LogP contribution in [0.1, 0.15) is 16.8 Å². The topological polar surface area (TPSA) is 89.5 Å². The fraction of sp³-hybridized carbons (Fsp3) is 0.176. The van der Waals surface area contributed by atoms with Crippen LogP contribution in [-0.4, -0.2) is 20.2 Å². The van der Waals surface area contributed by atoms with Crippen LogP contribution in [0.3, 0.4) is 0 Å². The van der Waals surface area contributed by atoms with Crippen molar-refractivity contribution in [2.75, 3.05) is 0 Å². The van der Waals surface area contributed by atoms with Crippen LogP contribution in [0.5, 0.6) is 0 Å². The van der Waals surface area contributed by atoms with E-state index in [0.717, 1.165) is 22.5 Å². The van der Waals surface area contributed by atoms with Gasteiger partial charge in [-0.2, -0.15) is 0 Å². The first-order chi connectivity index (χ1) is 11.5. The van der Waals surface area contributed by atoms with Crippen LogP contribution in [0.25, 0.3) is 5.65 Å². The van der Waals surface area contributed by atoms with Gasteiger partial charge in [-0.25, -0.2) is 4.98 Å². The number of benzene rings is 1. The van der Waals surface area contributed by atoms with E-state index < -0.39 is 4.92 Å². The molecule has 0 aliphatic heterocycles. The number of amides is 1. The summed E-state index contributed by atoms with van der Waals surface area (Å²) in [5.74, 6) is -0.155. The number of fused-ring (bicyclic) bond motifs is 1. The first kappa shape index (κ1) is 15.7. The molecule has 0 aliphatic rings. The van der Waals surface area contributed by atoms with Gasteiger partial charge >= 0.3 is 0 Å². The zero-order chi connectivity index (χ0) is 17.1. The number of pyridine rings is 1. The van der Waals surface area contributed by atoms with E-state index in [9.17, 15) is 14.9 Å². The Morgan fingerprint density at radius 2 is 2.04 bits per heavy atom. The van der Waals surface area contributed by atoms with Crippen molar-refractivity contribution < 1.29 is 9.72 Å². The van der Waals surface area contributed by atoms with Gasteiger partial charge in [-0.1, -0.05) is 18.2 Å². The number of hydrogen-bond donors (Lipinski definition) is 1. The molecule has 0 fully saturated rings. The smallest absolute Gasteiger partial charge is 0.269 e. The van der Waals surface area contributed by atoms with Crippen LogP contribution >= 0.6 is 0 Å². The highest BCUT2D eigenvalue weighted by Crippen LogP contribution is 2.12. The number of hydrogen-bond acceptors (Lipinski definition) is 4. The first-order valence-corrected chi connectivity index (χ1v) is 7.46. The van der Waals surface area contributed by atoms with E-state index in [1.165, 1.54) is 12.1 Å². The van der Waals surface area contributed by atoms with Gasteiger partial charge in [0.05, 0.1) is 23.6 Å². The predicted molar refractivity (Wildman–Crippen MR) is 88.6 cm³/mol. The van der Waals surface area contributed by atoms with Crippen molar-refractivity contribution in [3.63, 3.8) is 0 Å². The number of nitro groups is 1.